The predicted octanol–water partition coefficient (Wildman–Crippen LogP) is 0.970. The first kappa shape index (κ1) is 43.3. The molecule has 0 radical (unpaired) electrons. The van der Waals surface area contributed by atoms with Gasteiger partial charge in [-0.2, -0.15) is 0 Å². The minimum atomic E-state index is -1.30. The molecule has 6 rings (SSSR count). The highest BCUT2D eigenvalue weighted by Crippen LogP contribution is 2.27. The lowest BCUT2D eigenvalue weighted by Crippen LogP contribution is -2.65. The smallest absolute Gasteiger partial charge is 0.243 e. The van der Waals surface area contributed by atoms with Crippen LogP contribution in [0.15, 0.2) is 95.4 Å². The van der Waals surface area contributed by atoms with E-state index in [1.165, 1.54) is 11.3 Å². The number of fused-ring (bicyclic) bond motifs is 2. The van der Waals surface area contributed by atoms with E-state index in [0.717, 1.165) is 37.7 Å². The molecule has 16 nitrogen and oxygen atoms in total. The summed E-state index contributed by atoms with van der Waals surface area (Å²) >= 11 is 1.52. The predicted molar refractivity (Wildman–Crippen MR) is 234 cm³/mol. The molecule has 1 aliphatic rings. The molecule has 14 N–H and O–H groups in total. The average molecular weight is 836 g/mol. The molecule has 0 unspecified atom stereocenters. The van der Waals surface area contributed by atoms with Crippen molar-refractivity contribution in [3.05, 3.63) is 107 Å². The highest BCUT2D eigenvalue weighted by molar-refractivity contribution is 7.17. The second-order valence-corrected chi connectivity index (χ2v) is 16.1. The molecular weight excluding hydrogens is 783 g/mol. The fraction of sp³-hybridized carbons (Fsp3) is 0.349. The third-order valence-electron chi connectivity index (χ3n) is 10.9. The quantitative estimate of drug-likeness (QED) is 0.0322. The van der Waals surface area contributed by atoms with Gasteiger partial charge in [-0.05, 0) is 78.4 Å². The Morgan fingerprint density at radius 2 is 1.32 bits per heavy atom. The lowest BCUT2D eigenvalue weighted by Gasteiger charge is -2.36. The van der Waals surface area contributed by atoms with E-state index in [9.17, 15) is 24.0 Å². The monoisotopic (exact) mass is 835 g/mol. The van der Waals surface area contributed by atoms with Crippen LogP contribution in [0, 0.1) is 0 Å². The van der Waals surface area contributed by atoms with E-state index < -0.39 is 59.2 Å². The van der Waals surface area contributed by atoms with Crippen molar-refractivity contribution in [3.8, 4) is 0 Å². The summed E-state index contributed by atoms with van der Waals surface area (Å²) in [4.78, 5) is 76.9. The van der Waals surface area contributed by atoms with Gasteiger partial charge < -0.3 is 54.5 Å². The molecular formula is C43H53N11O5S. The fourth-order valence-corrected chi connectivity index (χ4v) is 8.47. The van der Waals surface area contributed by atoms with Gasteiger partial charge in [0.1, 0.15) is 23.7 Å². The number of aromatic amines is 1. The number of hydrogen-bond donors (Lipinski definition) is 10. The van der Waals surface area contributed by atoms with Gasteiger partial charge in [-0.15, -0.1) is 11.3 Å². The number of benzene rings is 3. The minimum absolute atomic E-state index is 0.0323. The Morgan fingerprint density at radius 1 is 0.717 bits per heavy atom. The van der Waals surface area contributed by atoms with Crippen LogP contribution in [0.1, 0.15) is 42.4 Å². The number of primary amides is 1. The van der Waals surface area contributed by atoms with Gasteiger partial charge in [-0.1, -0.05) is 66.7 Å². The molecule has 5 amide bonds. The molecule has 60 heavy (non-hydrogen) atoms. The topological polar surface area (TPSA) is 278 Å². The van der Waals surface area contributed by atoms with Gasteiger partial charge in [0.25, 0.3) is 0 Å². The molecule has 3 aromatic carbocycles. The van der Waals surface area contributed by atoms with Gasteiger partial charge in [0.05, 0.1) is 6.04 Å². The first-order chi connectivity index (χ1) is 28.9. The maximum absolute atomic E-state index is 14.6. The molecule has 316 valence electrons. The van der Waals surface area contributed by atoms with Crippen LogP contribution in [0.3, 0.4) is 0 Å². The number of nitrogens with two attached hydrogens (primary N) is 4. The molecule has 1 fully saturated rings. The minimum Gasteiger partial charge on any atom is -0.370 e. The highest BCUT2D eigenvalue weighted by Gasteiger charge is 2.41. The summed E-state index contributed by atoms with van der Waals surface area (Å²) in [6.07, 6.45) is 3.25. The zero-order valence-electron chi connectivity index (χ0n) is 33.2. The maximum atomic E-state index is 14.6. The lowest BCUT2D eigenvalue weighted by atomic mass is 9.87. The van der Waals surface area contributed by atoms with Crippen molar-refractivity contribution in [1.82, 2.24) is 31.6 Å². The Hall–Kier alpha value is -6.30. The van der Waals surface area contributed by atoms with E-state index in [2.05, 4.69) is 36.6 Å². The van der Waals surface area contributed by atoms with Crippen molar-refractivity contribution < 1.29 is 24.0 Å². The largest absolute Gasteiger partial charge is 0.370 e. The SMILES string of the molecule is NC(=O)C1(NC(=O)[C@H](Cc2ccccc2)NC(=O)[C@@H](Cc2c[nH]c3ccccc23)NC(=O)[C@@H](Cc2csc3ccccc23)NC(=O)[C@H](N)CCCN=C(N)N)CCNCC1. The number of aromatic nitrogens is 1. The van der Waals surface area contributed by atoms with Gasteiger partial charge in [0.15, 0.2) is 5.96 Å². The Morgan fingerprint density at radius 3 is 2.00 bits per heavy atom. The molecule has 0 spiro atoms. The number of carbonyl (C=O) groups excluding carboxylic acids is 5. The van der Waals surface area contributed by atoms with E-state index in [4.69, 9.17) is 22.9 Å². The summed E-state index contributed by atoms with van der Waals surface area (Å²) in [5.74, 6) is -3.15. The molecule has 1 aliphatic heterocycles. The Labute approximate surface area is 351 Å². The highest BCUT2D eigenvalue weighted by atomic mass is 32.1. The zero-order valence-corrected chi connectivity index (χ0v) is 34.1. The molecule has 0 bridgehead atoms. The molecule has 0 saturated carbocycles. The second-order valence-electron chi connectivity index (χ2n) is 15.1. The maximum Gasteiger partial charge on any atom is 0.243 e. The first-order valence-electron chi connectivity index (χ1n) is 20.0. The van der Waals surface area contributed by atoms with Crippen molar-refractivity contribution >= 4 is 67.8 Å². The van der Waals surface area contributed by atoms with Gasteiger partial charge >= 0.3 is 0 Å². The number of aliphatic imine (C=N–C) groups is 1. The molecule has 0 aliphatic carbocycles. The summed E-state index contributed by atoms with van der Waals surface area (Å²) in [5.41, 5.74) is 24.9. The van der Waals surface area contributed by atoms with Crippen LogP contribution < -0.4 is 49.5 Å². The van der Waals surface area contributed by atoms with Crippen LogP contribution in [0.25, 0.3) is 21.0 Å². The number of piperidine rings is 1. The van der Waals surface area contributed by atoms with Crippen LogP contribution in [0.4, 0.5) is 0 Å². The standard InChI is InChI=1S/C43H53N11O5S/c44-31(13-8-18-49-42(46)47)37(55)51-35(23-28-25-60-36-15-7-5-12-30(28)36)39(57)53-34(22-27-24-50-32-14-6-4-11-29(27)32)38(56)52-33(21-26-9-2-1-3-10-26)40(58)54-43(41(45)59)16-19-48-20-17-43/h1-7,9-12,14-15,24-25,31,33-35,48,50H,8,13,16-23,44H2,(H2,45,59)(H,51,55)(H,52,56)(H,53,57)(H,54,58)(H4,46,47,49)/t31-,33+,34-,35-/m1/s1. The normalized spacial score (nSPS) is 15.6. The second kappa shape index (κ2) is 20.1. The number of hydrogen-bond acceptors (Lipinski definition) is 9. The average Bonchev–Trinajstić information content (AvgIpc) is 3.85. The van der Waals surface area contributed by atoms with Crippen LogP contribution in [-0.4, -0.2) is 89.8 Å². The third kappa shape index (κ3) is 11.0. The third-order valence-corrected chi connectivity index (χ3v) is 11.9. The number of amides is 5. The van der Waals surface area contributed by atoms with Crippen LogP contribution >= 0.6 is 11.3 Å². The summed E-state index contributed by atoms with van der Waals surface area (Å²) in [7, 11) is 0. The van der Waals surface area contributed by atoms with E-state index >= 15 is 0 Å². The van der Waals surface area contributed by atoms with Crippen molar-refractivity contribution in [2.75, 3.05) is 19.6 Å². The number of H-pyrrole nitrogens is 1. The van der Waals surface area contributed by atoms with Crippen molar-refractivity contribution in [2.45, 2.75) is 74.7 Å². The van der Waals surface area contributed by atoms with Crippen LogP contribution in [0.2, 0.25) is 0 Å². The number of guanidine groups is 1. The Balaban J connectivity index is 1.30. The van der Waals surface area contributed by atoms with E-state index in [1.54, 1.807) is 6.20 Å². The molecule has 1 saturated heterocycles. The molecule has 4 atom stereocenters. The lowest BCUT2D eigenvalue weighted by molar-refractivity contribution is -0.136. The van der Waals surface area contributed by atoms with E-state index in [0.29, 0.717) is 19.5 Å². The molecule has 2 aromatic heterocycles. The van der Waals surface area contributed by atoms with Crippen molar-refractivity contribution in [1.29, 1.82) is 0 Å². The Kier molecular flexibility index (Phi) is 14.5. The van der Waals surface area contributed by atoms with Crippen molar-refractivity contribution in [2.24, 2.45) is 27.9 Å². The summed E-state index contributed by atoms with van der Waals surface area (Å²) in [6, 6.07) is 20.0. The van der Waals surface area contributed by atoms with E-state index in [1.807, 2.05) is 84.2 Å². The van der Waals surface area contributed by atoms with Gasteiger partial charge in [-0.25, -0.2) is 0 Å². The molecule has 5 aromatic rings. The van der Waals surface area contributed by atoms with Gasteiger partial charge in [0, 0.05) is 47.6 Å². The number of nitrogens with one attached hydrogen (secondary N) is 6. The summed E-state index contributed by atoms with van der Waals surface area (Å²) in [5, 5.41) is 18.5. The number of para-hydroxylation sites is 1. The van der Waals surface area contributed by atoms with Gasteiger partial charge in [0.2, 0.25) is 29.5 Å². The zero-order chi connectivity index (χ0) is 42.6. The summed E-state index contributed by atoms with van der Waals surface area (Å²) < 4.78 is 1.01. The summed E-state index contributed by atoms with van der Waals surface area (Å²) in [6.45, 7) is 1.22. The first-order valence-corrected chi connectivity index (χ1v) is 20.9. The van der Waals surface area contributed by atoms with Crippen molar-refractivity contribution in [3.63, 3.8) is 0 Å². The van der Waals surface area contributed by atoms with Gasteiger partial charge in [-0.3, -0.25) is 29.0 Å². The van der Waals surface area contributed by atoms with Crippen LogP contribution in [-0.2, 0) is 43.2 Å². The number of nitrogens with zero attached hydrogens (tertiary/aromatic N) is 1. The van der Waals surface area contributed by atoms with E-state index in [-0.39, 0.29) is 51.0 Å². The number of thiophene rings is 1. The Bertz CT molecular complexity index is 2320. The molecule has 17 heteroatoms. The number of rotatable bonds is 19. The fourth-order valence-electron chi connectivity index (χ4n) is 7.49. The van der Waals surface area contributed by atoms with Crippen LogP contribution in [0.5, 0.6) is 0 Å². The number of carbonyl (C=O) groups is 5. The molecule has 3 heterocycles.